The number of primary amides is 1. The number of nitrogens with two attached hydrogens (primary N) is 4. The van der Waals surface area contributed by atoms with Gasteiger partial charge in [0.05, 0.1) is 0 Å². The highest BCUT2D eigenvalue weighted by atomic mass is 16.2. The Balaban J connectivity index is 4.41. The molecule has 0 aliphatic carbocycles. The summed E-state index contributed by atoms with van der Waals surface area (Å²) in [6, 6.07) is -1.81. The van der Waals surface area contributed by atoms with Crippen molar-refractivity contribution in [3.63, 3.8) is 0 Å². The molecule has 61 heavy (non-hydrogen) atoms. The maximum atomic E-state index is 13.1. The van der Waals surface area contributed by atoms with Crippen LogP contribution in [0.1, 0.15) is 200 Å². The van der Waals surface area contributed by atoms with Crippen LogP contribution >= 0.6 is 0 Å². The zero-order valence-electron chi connectivity index (χ0n) is 38.6. The van der Waals surface area contributed by atoms with Crippen molar-refractivity contribution in [3.8, 4) is 0 Å². The molecular formula is C46H91N9O6. The minimum atomic E-state index is -0.659. The van der Waals surface area contributed by atoms with Crippen LogP contribution in [0.3, 0.4) is 0 Å². The van der Waals surface area contributed by atoms with Gasteiger partial charge in [-0.15, -0.1) is 0 Å². The van der Waals surface area contributed by atoms with Crippen molar-refractivity contribution in [2.45, 2.75) is 218 Å². The van der Waals surface area contributed by atoms with Crippen LogP contribution in [0.2, 0.25) is 0 Å². The average molecular weight is 866 g/mol. The molecule has 0 fully saturated rings. The Bertz CT molecular complexity index is 1160. The molecule has 4 atom stereocenters. The van der Waals surface area contributed by atoms with E-state index in [0.29, 0.717) is 77.7 Å². The first-order valence-electron chi connectivity index (χ1n) is 24.3. The van der Waals surface area contributed by atoms with Crippen LogP contribution in [-0.4, -0.2) is 86.3 Å². The van der Waals surface area contributed by atoms with Crippen LogP contribution in [0.25, 0.3) is 0 Å². The molecule has 0 heterocycles. The fourth-order valence-electron chi connectivity index (χ4n) is 7.24. The Morgan fingerprint density at radius 1 is 0.410 bits per heavy atom. The van der Waals surface area contributed by atoms with Crippen molar-refractivity contribution in [2.75, 3.05) is 32.7 Å². The highest BCUT2D eigenvalue weighted by Gasteiger charge is 2.23. The smallest absolute Gasteiger partial charge is 0.242 e. The maximum Gasteiger partial charge on any atom is 0.242 e. The number of carbonyl (C=O) groups is 6. The summed E-state index contributed by atoms with van der Waals surface area (Å²) in [6.07, 6.45) is 24.5. The average Bonchev–Trinajstić information content (AvgIpc) is 3.23. The molecule has 6 amide bonds. The van der Waals surface area contributed by atoms with E-state index in [1.165, 1.54) is 32.1 Å². The van der Waals surface area contributed by atoms with Gasteiger partial charge in [0.15, 0.2) is 0 Å². The number of unbranched alkanes of at least 4 members (excludes halogenated alkanes) is 17. The van der Waals surface area contributed by atoms with E-state index in [-0.39, 0.29) is 35.5 Å². The Morgan fingerprint density at radius 3 is 1.21 bits per heavy atom. The minimum absolute atomic E-state index is 0.0571. The second-order valence-electron chi connectivity index (χ2n) is 17.0. The van der Waals surface area contributed by atoms with Crippen LogP contribution in [0, 0.1) is 5.92 Å². The predicted molar refractivity (Wildman–Crippen MR) is 247 cm³/mol. The van der Waals surface area contributed by atoms with Crippen molar-refractivity contribution in [1.82, 2.24) is 26.6 Å². The van der Waals surface area contributed by atoms with Crippen molar-refractivity contribution in [2.24, 2.45) is 28.9 Å². The summed E-state index contributed by atoms with van der Waals surface area (Å²) in [5.74, 6) is -1.35. The van der Waals surface area contributed by atoms with Gasteiger partial charge in [-0.3, -0.25) is 28.8 Å². The number of amides is 6. The second kappa shape index (κ2) is 40.8. The second-order valence-corrected chi connectivity index (χ2v) is 17.0. The Morgan fingerprint density at radius 2 is 0.770 bits per heavy atom. The van der Waals surface area contributed by atoms with E-state index in [0.717, 1.165) is 109 Å². The quantitative estimate of drug-likeness (QED) is 0.0373. The van der Waals surface area contributed by atoms with Crippen LogP contribution < -0.4 is 49.5 Å². The molecule has 15 heteroatoms. The molecule has 4 unspecified atom stereocenters. The number of rotatable bonds is 43. The molecular weight excluding hydrogens is 775 g/mol. The molecule has 13 N–H and O–H groups in total. The van der Waals surface area contributed by atoms with Gasteiger partial charge in [0, 0.05) is 31.8 Å². The molecule has 0 spiro atoms. The normalized spacial score (nSPS) is 13.1. The lowest BCUT2D eigenvalue weighted by Crippen LogP contribution is -2.48. The summed E-state index contributed by atoms with van der Waals surface area (Å²) >= 11 is 0. The monoisotopic (exact) mass is 866 g/mol. The van der Waals surface area contributed by atoms with E-state index in [1.807, 2.05) is 6.92 Å². The Kier molecular flexibility index (Phi) is 38.5. The number of nitrogens with one attached hydrogen (secondary N) is 5. The first-order chi connectivity index (χ1) is 29.5. The molecule has 0 saturated heterocycles. The van der Waals surface area contributed by atoms with Gasteiger partial charge in [-0.05, 0) is 110 Å². The fourth-order valence-corrected chi connectivity index (χ4v) is 7.24. The van der Waals surface area contributed by atoms with Gasteiger partial charge in [-0.2, -0.15) is 0 Å². The molecule has 0 bridgehead atoms. The molecule has 0 radical (unpaired) electrons. The van der Waals surface area contributed by atoms with E-state index < -0.39 is 24.0 Å². The minimum Gasteiger partial charge on any atom is -0.368 e. The van der Waals surface area contributed by atoms with Gasteiger partial charge in [-0.25, -0.2) is 0 Å². The summed E-state index contributed by atoms with van der Waals surface area (Å²) in [5.41, 5.74) is 22.3. The molecule has 0 aromatic carbocycles. The van der Waals surface area contributed by atoms with Gasteiger partial charge in [0.25, 0.3) is 0 Å². The first-order valence-corrected chi connectivity index (χ1v) is 24.3. The van der Waals surface area contributed by atoms with Crippen molar-refractivity contribution >= 4 is 35.4 Å². The molecule has 0 aliphatic rings. The van der Waals surface area contributed by atoms with Gasteiger partial charge in [0.1, 0.15) is 18.1 Å². The van der Waals surface area contributed by atoms with Crippen LogP contribution in [0.15, 0.2) is 0 Å². The largest absolute Gasteiger partial charge is 0.368 e. The third-order valence-electron chi connectivity index (χ3n) is 11.3. The standard InChI is InChI=1S/C46H91N9O6/c1-3-4-5-6-7-10-15-26-37(2)44(59)55-40(29-20-23-34-49)46(61)52-36-25-14-9-12-17-31-42(57)54-39(28-19-22-33-48)45(60)51-35-24-13-8-11-16-30-41(56)53-38(43(50)58)27-18-21-32-47/h37-40H,3-36,47-49H2,1-2H3,(H2,50,58)(H,51,60)(H,52,61)(H,53,56)(H,54,57)(H,55,59). The lowest BCUT2D eigenvalue weighted by atomic mass is 10.00. The predicted octanol–water partition coefficient (Wildman–Crippen LogP) is 5.00. The highest BCUT2D eigenvalue weighted by molar-refractivity contribution is 5.89. The van der Waals surface area contributed by atoms with E-state index in [2.05, 4.69) is 33.5 Å². The highest BCUT2D eigenvalue weighted by Crippen LogP contribution is 2.14. The lowest BCUT2D eigenvalue weighted by molar-refractivity contribution is -0.131. The Hall–Kier alpha value is -3.30. The van der Waals surface area contributed by atoms with E-state index in [1.54, 1.807) is 0 Å². The number of hydrogen-bond acceptors (Lipinski definition) is 9. The fraction of sp³-hybridized carbons (Fsp3) is 0.870. The third-order valence-corrected chi connectivity index (χ3v) is 11.3. The zero-order chi connectivity index (χ0) is 45.4. The summed E-state index contributed by atoms with van der Waals surface area (Å²) in [6.45, 7) is 6.82. The third kappa shape index (κ3) is 33.9. The molecule has 0 rings (SSSR count). The first kappa shape index (κ1) is 57.7. The van der Waals surface area contributed by atoms with E-state index in [9.17, 15) is 28.8 Å². The Labute approximate surface area is 369 Å². The van der Waals surface area contributed by atoms with Gasteiger partial charge in [0.2, 0.25) is 35.4 Å². The SMILES string of the molecule is CCCCCCCCCC(C)C(=O)NC(CCCCN)C(=O)NCCCCCCCC(=O)NC(CCCCN)C(=O)NCCCCCCCC(=O)NC(CCCCN)C(N)=O. The summed E-state index contributed by atoms with van der Waals surface area (Å²) in [7, 11) is 0. The van der Waals surface area contributed by atoms with Crippen molar-refractivity contribution < 1.29 is 28.8 Å². The number of carbonyl (C=O) groups excluding carboxylic acids is 6. The molecule has 0 aromatic heterocycles. The topological polar surface area (TPSA) is 267 Å². The van der Waals surface area contributed by atoms with Gasteiger partial charge in [-0.1, -0.05) is 97.3 Å². The molecule has 356 valence electrons. The molecule has 0 aliphatic heterocycles. The van der Waals surface area contributed by atoms with Gasteiger partial charge < -0.3 is 49.5 Å². The molecule has 0 aromatic rings. The molecule has 0 saturated carbocycles. The van der Waals surface area contributed by atoms with Crippen molar-refractivity contribution in [3.05, 3.63) is 0 Å². The zero-order valence-corrected chi connectivity index (χ0v) is 38.6. The van der Waals surface area contributed by atoms with Crippen LogP contribution in [-0.2, 0) is 28.8 Å². The number of hydrogen-bond donors (Lipinski definition) is 9. The van der Waals surface area contributed by atoms with E-state index in [4.69, 9.17) is 22.9 Å². The van der Waals surface area contributed by atoms with Crippen LogP contribution in [0.4, 0.5) is 0 Å². The summed E-state index contributed by atoms with van der Waals surface area (Å²) in [4.78, 5) is 75.7. The molecule has 15 nitrogen and oxygen atoms in total. The maximum absolute atomic E-state index is 13.1. The summed E-state index contributed by atoms with van der Waals surface area (Å²) in [5, 5.41) is 14.7. The van der Waals surface area contributed by atoms with Crippen molar-refractivity contribution in [1.29, 1.82) is 0 Å². The van der Waals surface area contributed by atoms with E-state index >= 15 is 0 Å². The van der Waals surface area contributed by atoms with Gasteiger partial charge >= 0.3 is 0 Å². The summed E-state index contributed by atoms with van der Waals surface area (Å²) < 4.78 is 0. The van der Waals surface area contributed by atoms with Crippen LogP contribution in [0.5, 0.6) is 0 Å². The lowest BCUT2D eigenvalue weighted by Gasteiger charge is -2.21.